The van der Waals surface area contributed by atoms with Crippen molar-refractivity contribution in [1.29, 1.82) is 0 Å². The molecule has 0 N–H and O–H groups in total. The molecule has 0 bridgehead atoms. The number of allylic oxidation sites excluding steroid dienone is 2. The van der Waals surface area contributed by atoms with Gasteiger partial charge < -0.3 is 4.74 Å². The number of esters is 2. The minimum absolute atomic E-state index is 0.192. The summed E-state index contributed by atoms with van der Waals surface area (Å²) in [5.41, 5.74) is 3.73. The Morgan fingerprint density at radius 3 is 1.39 bits per heavy atom. The molecule has 4 atom stereocenters. The Morgan fingerprint density at radius 1 is 0.739 bits per heavy atom. The first-order valence-corrected chi connectivity index (χ1v) is 16.2. The normalized spacial score (nSPS) is 35.0. The molecule has 1 saturated heterocycles. The highest BCUT2D eigenvalue weighted by atomic mass is 28.3. The van der Waals surface area contributed by atoms with Gasteiger partial charge in [0.2, 0.25) is 0 Å². The van der Waals surface area contributed by atoms with Gasteiger partial charge in [-0.05, 0) is 36.8 Å². The minimum Gasteiger partial charge on any atom is -0.393 e. The molecule has 3 rings (SSSR count). The van der Waals surface area contributed by atoms with Gasteiger partial charge in [-0.1, -0.05) is 50.4 Å². The maximum atomic E-state index is 12.6. The Balaban J connectivity index is 2.23. The van der Waals surface area contributed by atoms with E-state index in [2.05, 4.69) is 39.3 Å². The Kier molecular flexibility index (Phi) is 4.03. The van der Waals surface area contributed by atoms with E-state index < -0.39 is 16.1 Å². The first kappa shape index (κ1) is 17.1. The van der Waals surface area contributed by atoms with Crippen molar-refractivity contribution in [2.24, 2.45) is 11.8 Å². The Morgan fingerprint density at radius 2 is 1.09 bits per heavy atom. The van der Waals surface area contributed by atoms with E-state index in [4.69, 9.17) is 4.74 Å². The van der Waals surface area contributed by atoms with Crippen LogP contribution >= 0.6 is 0 Å². The second-order valence-corrected chi connectivity index (χ2v) is 20.4. The number of fused-ring (bicyclic) bond motifs is 1. The number of carbonyl (C=O) groups is 2. The second kappa shape index (κ2) is 5.41. The first-order chi connectivity index (χ1) is 10.5. The van der Waals surface area contributed by atoms with Gasteiger partial charge in [0.05, 0.1) is 28.0 Å². The molecular formula is C18H30O3Si2. The van der Waals surface area contributed by atoms with Gasteiger partial charge in [-0.2, -0.15) is 0 Å². The van der Waals surface area contributed by atoms with Crippen molar-refractivity contribution < 1.29 is 14.3 Å². The SMILES string of the molecule is C[Si](C)(C)[C@@H]1C2=C(CCCC2)[C@H]([Si](C)(C)C)[C@@H]2C(=O)OC(=O)[C@@H]21. The molecule has 0 amide bonds. The van der Waals surface area contributed by atoms with Crippen molar-refractivity contribution in [1.82, 2.24) is 0 Å². The quantitative estimate of drug-likeness (QED) is 0.316. The van der Waals surface area contributed by atoms with Crippen molar-refractivity contribution in [3.8, 4) is 0 Å². The Labute approximate surface area is 141 Å². The minimum atomic E-state index is -1.61. The van der Waals surface area contributed by atoms with Crippen LogP contribution in [-0.2, 0) is 14.3 Å². The van der Waals surface area contributed by atoms with Crippen LogP contribution in [0.1, 0.15) is 25.7 Å². The lowest BCUT2D eigenvalue weighted by Gasteiger charge is -2.49. The molecule has 128 valence electrons. The van der Waals surface area contributed by atoms with Crippen molar-refractivity contribution in [2.45, 2.75) is 76.0 Å². The fraction of sp³-hybridized carbons (Fsp3) is 0.778. The van der Waals surface area contributed by atoms with E-state index in [1.54, 1.807) is 11.1 Å². The predicted molar refractivity (Wildman–Crippen MR) is 97.8 cm³/mol. The van der Waals surface area contributed by atoms with E-state index in [0.717, 1.165) is 12.8 Å². The van der Waals surface area contributed by atoms with Gasteiger partial charge in [0.25, 0.3) is 0 Å². The molecule has 5 heteroatoms. The standard InChI is InChI=1S/C18H30O3Si2/c1-22(2,3)15-11-9-7-8-10-12(11)16(23(4,5)6)14-13(15)17(19)21-18(14)20/h13-16H,7-10H2,1-6H3/t13-,14+,15+,16-. The summed E-state index contributed by atoms with van der Waals surface area (Å²) in [6, 6.07) is 0. The molecule has 1 aliphatic heterocycles. The summed E-state index contributed by atoms with van der Waals surface area (Å²) in [7, 11) is -3.21. The summed E-state index contributed by atoms with van der Waals surface area (Å²) in [4.78, 5) is 25.2. The van der Waals surface area contributed by atoms with Crippen LogP contribution in [0.2, 0.25) is 50.4 Å². The zero-order chi connectivity index (χ0) is 17.2. The van der Waals surface area contributed by atoms with Crippen LogP contribution in [0.4, 0.5) is 0 Å². The third-order valence-corrected chi connectivity index (χ3v) is 11.2. The van der Waals surface area contributed by atoms with E-state index in [1.165, 1.54) is 12.8 Å². The molecule has 0 saturated carbocycles. The van der Waals surface area contributed by atoms with Gasteiger partial charge in [0.1, 0.15) is 0 Å². The molecule has 3 aliphatic rings. The molecule has 0 aromatic carbocycles. The molecule has 0 radical (unpaired) electrons. The summed E-state index contributed by atoms with van der Waals surface area (Å²) in [5.74, 6) is -0.842. The highest BCUT2D eigenvalue weighted by molar-refractivity contribution is 6.80. The number of ether oxygens (including phenoxy) is 1. The fourth-order valence-corrected chi connectivity index (χ4v) is 11.0. The smallest absolute Gasteiger partial charge is 0.317 e. The largest absolute Gasteiger partial charge is 0.393 e. The number of hydrogen-bond donors (Lipinski definition) is 0. The number of rotatable bonds is 2. The zero-order valence-electron chi connectivity index (χ0n) is 15.4. The van der Waals surface area contributed by atoms with Crippen molar-refractivity contribution in [2.75, 3.05) is 0 Å². The van der Waals surface area contributed by atoms with Gasteiger partial charge in [-0.15, -0.1) is 0 Å². The predicted octanol–water partition coefficient (Wildman–Crippen LogP) is 4.60. The molecule has 0 unspecified atom stereocenters. The molecule has 1 fully saturated rings. The van der Waals surface area contributed by atoms with Gasteiger partial charge >= 0.3 is 11.9 Å². The summed E-state index contributed by atoms with van der Waals surface area (Å²) in [5, 5.41) is 0. The molecule has 3 nitrogen and oxygen atoms in total. The zero-order valence-corrected chi connectivity index (χ0v) is 17.4. The highest BCUT2D eigenvalue weighted by Gasteiger charge is 2.61. The highest BCUT2D eigenvalue weighted by Crippen LogP contribution is 2.61. The van der Waals surface area contributed by atoms with Crippen molar-refractivity contribution in [3.63, 3.8) is 0 Å². The van der Waals surface area contributed by atoms with E-state index in [-0.39, 0.29) is 23.8 Å². The molecular weight excluding hydrogens is 320 g/mol. The molecule has 1 heterocycles. The van der Waals surface area contributed by atoms with E-state index in [0.29, 0.717) is 11.1 Å². The lowest BCUT2D eigenvalue weighted by atomic mass is 9.71. The maximum absolute atomic E-state index is 12.6. The monoisotopic (exact) mass is 350 g/mol. The van der Waals surface area contributed by atoms with E-state index in [9.17, 15) is 9.59 Å². The molecule has 0 aromatic rings. The van der Waals surface area contributed by atoms with Gasteiger partial charge in [-0.3, -0.25) is 9.59 Å². The summed E-state index contributed by atoms with van der Waals surface area (Å²) in [6.45, 7) is 14.1. The van der Waals surface area contributed by atoms with Crippen LogP contribution in [0.25, 0.3) is 0 Å². The van der Waals surface area contributed by atoms with Gasteiger partial charge in [0.15, 0.2) is 0 Å². The average molecular weight is 351 g/mol. The van der Waals surface area contributed by atoms with Crippen LogP contribution in [0, 0.1) is 11.8 Å². The fourth-order valence-electron chi connectivity index (χ4n) is 5.43. The first-order valence-electron chi connectivity index (χ1n) is 9.01. The summed E-state index contributed by atoms with van der Waals surface area (Å²) in [6.07, 6.45) is 4.74. The molecule has 2 aliphatic carbocycles. The topological polar surface area (TPSA) is 43.4 Å². The van der Waals surface area contributed by atoms with Crippen LogP contribution in [-0.4, -0.2) is 28.1 Å². The molecule has 23 heavy (non-hydrogen) atoms. The van der Waals surface area contributed by atoms with Crippen LogP contribution in [0.15, 0.2) is 11.1 Å². The summed E-state index contributed by atoms with van der Waals surface area (Å²) >= 11 is 0. The van der Waals surface area contributed by atoms with Crippen molar-refractivity contribution >= 4 is 28.1 Å². The lowest BCUT2D eigenvalue weighted by Crippen LogP contribution is -2.49. The summed E-state index contributed by atoms with van der Waals surface area (Å²) < 4.78 is 5.21. The number of carbonyl (C=O) groups excluding carboxylic acids is 2. The van der Waals surface area contributed by atoms with Gasteiger partial charge in [0, 0.05) is 0 Å². The van der Waals surface area contributed by atoms with Crippen molar-refractivity contribution in [3.05, 3.63) is 11.1 Å². The maximum Gasteiger partial charge on any atom is 0.317 e. The average Bonchev–Trinajstić information content (AvgIpc) is 2.68. The number of cyclic esters (lactones) is 2. The molecule has 0 spiro atoms. The van der Waals surface area contributed by atoms with Crippen LogP contribution in [0.5, 0.6) is 0 Å². The van der Waals surface area contributed by atoms with Crippen LogP contribution < -0.4 is 0 Å². The van der Waals surface area contributed by atoms with Gasteiger partial charge in [-0.25, -0.2) is 0 Å². The second-order valence-electron chi connectivity index (χ2n) is 9.74. The number of hydrogen-bond acceptors (Lipinski definition) is 3. The Bertz CT molecular complexity index is 530. The van der Waals surface area contributed by atoms with Crippen LogP contribution in [0.3, 0.4) is 0 Å². The van der Waals surface area contributed by atoms with E-state index >= 15 is 0 Å². The third kappa shape index (κ3) is 2.70. The third-order valence-electron chi connectivity index (χ3n) is 6.02. The Hall–Kier alpha value is -0.686. The lowest BCUT2D eigenvalue weighted by molar-refractivity contribution is -0.153. The van der Waals surface area contributed by atoms with E-state index in [1.807, 2.05) is 0 Å². The molecule has 0 aromatic heterocycles.